The Morgan fingerprint density at radius 1 is 1.33 bits per heavy atom. The van der Waals surface area contributed by atoms with Crippen molar-refractivity contribution in [3.8, 4) is 0 Å². The van der Waals surface area contributed by atoms with Crippen molar-refractivity contribution in [1.29, 1.82) is 0 Å². The van der Waals surface area contributed by atoms with Crippen LogP contribution >= 0.6 is 0 Å². The standard InChI is InChI=1S/C10H20O2/c1-2-3-5-12-6-4-9-7-10(11)8-9/h9-11H,2-8H2,1H3/t9-,10+. The third kappa shape index (κ3) is 3.55. The second kappa shape index (κ2) is 5.55. The Morgan fingerprint density at radius 3 is 2.67 bits per heavy atom. The van der Waals surface area contributed by atoms with E-state index < -0.39 is 0 Å². The van der Waals surface area contributed by atoms with Crippen LogP contribution in [0.4, 0.5) is 0 Å². The summed E-state index contributed by atoms with van der Waals surface area (Å²) in [7, 11) is 0. The van der Waals surface area contributed by atoms with E-state index in [9.17, 15) is 0 Å². The van der Waals surface area contributed by atoms with Gasteiger partial charge in [-0.2, -0.15) is 0 Å². The third-order valence-corrected chi connectivity index (χ3v) is 2.52. The molecule has 2 heteroatoms. The molecule has 0 aromatic heterocycles. The second-order valence-electron chi connectivity index (χ2n) is 3.75. The lowest BCUT2D eigenvalue weighted by atomic mass is 9.80. The average molecular weight is 172 g/mol. The molecule has 12 heavy (non-hydrogen) atoms. The molecule has 1 rings (SSSR count). The van der Waals surface area contributed by atoms with Gasteiger partial charge in [0.25, 0.3) is 0 Å². The number of hydrogen-bond acceptors (Lipinski definition) is 2. The van der Waals surface area contributed by atoms with Crippen molar-refractivity contribution < 1.29 is 9.84 Å². The minimum Gasteiger partial charge on any atom is -0.393 e. The summed E-state index contributed by atoms with van der Waals surface area (Å²) in [6.07, 6.45) is 5.51. The van der Waals surface area contributed by atoms with Crippen molar-refractivity contribution in [2.75, 3.05) is 13.2 Å². The van der Waals surface area contributed by atoms with E-state index in [0.29, 0.717) is 0 Å². The Hall–Kier alpha value is -0.0800. The van der Waals surface area contributed by atoms with Crippen molar-refractivity contribution in [2.24, 2.45) is 5.92 Å². The van der Waals surface area contributed by atoms with E-state index in [2.05, 4.69) is 6.92 Å². The smallest absolute Gasteiger partial charge is 0.0545 e. The van der Waals surface area contributed by atoms with Crippen molar-refractivity contribution in [3.05, 3.63) is 0 Å². The first-order chi connectivity index (χ1) is 5.83. The molecular formula is C10H20O2. The highest BCUT2D eigenvalue weighted by molar-refractivity contribution is 4.77. The van der Waals surface area contributed by atoms with E-state index in [1.54, 1.807) is 0 Å². The predicted octanol–water partition coefficient (Wildman–Crippen LogP) is 1.96. The highest BCUT2D eigenvalue weighted by Crippen LogP contribution is 2.29. The number of rotatable bonds is 6. The summed E-state index contributed by atoms with van der Waals surface area (Å²) >= 11 is 0. The minimum atomic E-state index is -0.00866. The lowest BCUT2D eigenvalue weighted by Gasteiger charge is -2.31. The molecule has 1 saturated carbocycles. The molecule has 0 aromatic carbocycles. The van der Waals surface area contributed by atoms with Gasteiger partial charge in [-0.1, -0.05) is 13.3 Å². The quantitative estimate of drug-likeness (QED) is 0.621. The van der Waals surface area contributed by atoms with Crippen LogP contribution in [0.15, 0.2) is 0 Å². The molecule has 1 N–H and O–H groups in total. The molecule has 0 aliphatic heterocycles. The number of hydrogen-bond donors (Lipinski definition) is 1. The molecule has 0 atom stereocenters. The summed E-state index contributed by atoms with van der Waals surface area (Å²) in [5.74, 6) is 0.738. The van der Waals surface area contributed by atoms with Gasteiger partial charge >= 0.3 is 0 Å². The summed E-state index contributed by atoms with van der Waals surface area (Å²) < 4.78 is 5.43. The fourth-order valence-corrected chi connectivity index (χ4v) is 1.53. The average Bonchev–Trinajstić information content (AvgIpc) is 2.00. The maximum Gasteiger partial charge on any atom is 0.0545 e. The summed E-state index contributed by atoms with van der Waals surface area (Å²) in [5.41, 5.74) is 0. The summed E-state index contributed by atoms with van der Waals surface area (Å²) in [6, 6.07) is 0. The van der Waals surface area contributed by atoms with Gasteiger partial charge < -0.3 is 9.84 Å². The maximum absolute atomic E-state index is 9.02. The number of aliphatic hydroxyl groups excluding tert-OH is 1. The topological polar surface area (TPSA) is 29.5 Å². The van der Waals surface area contributed by atoms with E-state index in [-0.39, 0.29) is 6.10 Å². The van der Waals surface area contributed by atoms with E-state index in [4.69, 9.17) is 9.84 Å². The van der Waals surface area contributed by atoms with E-state index in [1.165, 1.54) is 12.8 Å². The van der Waals surface area contributed by atoms with Crippen LogP contribution in [0.2, 0.25) is 0 Å². The molecule has 0 saturated heterocycles. The van der Waals surface area contributed by atoms with Gasteiger partial charge in [0.05, 0.1) is 6.10 Å². The van der Waals surface area contributed by atoms with Crippen LogP contribution in [-0.2, 0) is 4.74 Å². The first-order valence-corrected chi connectivity index (χ1v) is 5.08. The zero-order valence-corrected chi connectivity index (χ0v) is 7.96. The molecule has 1 fully saturated rings. The molecule has 0 heterocycles. The third-order valence-electron chi connectivity index (χ3n) is 2.52. The molecule has 1 aliphatic rings. The summed E-state index contributed by atoms with van der Waals surface area (Å²) in [4.78, 5) is 0. The molecule has 72 valence electrons. The molecule has 0 bridgehead atoms. The van der Waals surface area contributed by atoms with Gasteiger partial charge in [-0.15, -0.1) is 0 Å². The molecule has 0 radical (unpaired) electrons. The molecular weight excluding hydrogens is 152 g/mol. The lowest BCUT2D eigenvalue weighted by molar-refractivity contribution is 0.0208. The van der Waals surface area contributed by atoms with Crippen LogP contribution in [0, 0.1) is 5.92 Å². The molecule has 1 aliphatic carbocycles. The van der Waals surface area contributed by atoms with Crippen molar-refractivity contribution in [1.82, 2.24) is 0 Å². The second-order valence-corrected chi connectivity index (χ2v) is 3.75. The number of unbranched alkanes of at least 4 members (excludes halogenated alkanes) is 1. The molecule has 0 unspecified atom stereocenters. The van der Waals surface area contributed by atoms with Gasteiger partial charge in [-0.25, -0.2) is 0 Å². The number of aliphatic hydroxyl groups is 1. The zero-order chi connectivity index (χ0) is 8.81. The van der Waals surface area contributed by atoms with Gasteiger partial charge in [0.2, 0.25) is 0 Å². The van der Waals surface area contributed by atoms with E-state index >= 15 is 0 Å². The van der Waals surface area contributed by atoms with Crippen LogP contribution in [-0.4, -0.2) is 24.4 Å². The number of ether oxygens (including phenoxy) is 1. The van der Waals surface area contributed by atoms with Crippen LogP contribution in [0.5, 0.6) is 0 Å². The lowest BCUT2D eigenvalue weighted by Crippen LogP contribution is -2.29. The summed E-state index contributed by atoms with van der Waals surface area (Å²) in [5, 5.41) is 9.02. The molecule has 0 spiro atoms. The minimum absolute atomic E-state index is 0.00866. The summed E-state index contributed by atoms with van der Waals surface area (Å²) in [6.45, 7) is 3.97. The largest absolute Gasteiger partial charge is 0.393 e. The fourth-order valence-electron chi connectivity index (χ4n) is 1.53. The van der Waals surface area contributed by atoms with Gasteiger partial charge in [0.1, 0.15) is 0 Å². The monoisotopic (exact) mass is 172 g/mol. The Morgan fingerprint density at radius 2 is 2.08 bits per heavy atom. The van der Waals surface area contributed by atoms with E-state index in [1.807, 2.05) is 0 Å². The van der Waals surface area contributed by atoms with Crippen molar-refractivity contribution in [2.45, 2.75) is 45.1 Å². The molecule has 2 nitrogen and oxygen atoms in total. The van der Waals surface area contributed by atoms with Crippen LogP contribution < -0.4 is 0 Å². The molecule has 0 amide bonds. The Bertz CT molecular complexity index is 108. The first kappa shape index (κ1) is 10.0. The Labute approximate surface area is 74.9 Å². The fraction of sp³-hybridized carbons (Fsp3) is 1.00. The van der Waals surface area contributed by atoms with Gasteiger partial charge in [0, 0.05) is 13.2 Å². The van der Waals surface area contributed by atoms with Crippen LogP contribution in [0.1, 0.15) is 39.0 Å². The molecule has 0 aromatic rings. The Kier molecular flexibility index (Phi) is 4.62. The Balaban J connectivity index is 1.77. The SMILES string of the molecule is CCCCOCC[C@H]1C[C@@H](O)C1. The van der Waals surface area contributed by atoms with Crippen molar-refractivity contribution in [3.63, 3.8) is 0 Å². The predicted molar refractivity (Wildman–Crippen MR) is 49.1 cm³/mol. The van der Waals surface area contributed by atoms with Crippen LogP contribution in [0.3, 0.4) is 0 Å². The maximum atomic E-state index is 9.02. The van der Waals surface area contributed by atoms with E-state index in [0.717, 1.165) is 38.4 Å². The highest BCUT2D eigenvalue weighted by atomic mass is 16.5. The van der Waals surface area contributed by atoms with Crippen LogP contribution in [0.25, 0.3) is 0 Å². The first-order valence-electron chi connectivity index (χ1n) is 5.08. The van der Waals surface area contributed by atoms with Gasteiger partial charge in [-0.05, 0) is 31.6 Å². The van der Waals surface area contributed by atoms with Gasteiger partial charge in [0.15, 0.2) is 0 Å². The van der Waals surface area contributed by atoms with Gasteiger partial charge in [-0.3, -0.25) is 0 Å². The zero-order valence-electron chi connectivity index (χ0n) is 7.96. The highest BCUT2D eigenvalue weighted by Gasteiger charge is 2.26. The van der Waals surface area contributed by atoms with Crippen molar-refractivity contribution >= 4 is 0 Å². The normalized spacial score (nSPS) is 28.5.